The normalized spacial score (nSPS) is 13.5. The molecule has 164 valence electrons. The van der Waals surface area contributed by atoms with Crippen molar-refractivity contribution in [1.82, 2.24) is 4.90 Å². The number of methoxy groups -OCH3 is 3. The lowest BCUT2D eigenvalue weighted by molar-refractivity contribution is -0.137. The highest BCUT2D eigenvalue weighted by Gasteiger charge is 2.40. The van der Waals surface area contributed by atoms with Crippen molar-refractivity contribution >= 4 is 23.1 Å². The maximum atomic E-state index is 13.4. The van der Waals surface area contributed by atoms with Gasteiger partial charge in [0.15, 0.2) is 0 Å². The smallest absolute Gasteiger partial charge is 0.278 e. The van der Waals surface area contributed by atoms with Gasteiger partial charge in [-0.15, -0.1) is 0 Å². The average molecular weight is 434 g/mol. The summed E-state index contributed by atoms with van der Waals surface area (Å²) in [7, 11) is 4.63. The molecule has 0 bridgehead atoms. The first-order valence-corrected chi connectivity index (χ1v) is 9.82. The number of hydrogen-bond acceptors (Lipinski definition) is 7. The van der Waals surface area contributed by atoms with E-state index >= 15 is 0 Å². The van der Waals surface area contributed by atoms with Gasteiger partial charge in [0.05, 0.1) is 45.4 Å². The van der Waals surface area contributed by atoms with E-state index in [2.05, 4.69) is 5.32 Å². The van der Waals surface area contributed by atoms with E-state index < -0.39 is 11.8 Å². The van der Waals surface area contributed by atoms with Gasteiger partial charge in [0.1, 0.15) is 28.7 Å². The second-order valence-corrected chi connectivity index (χ2v) is 6.95. The van der Waals surface area contributed by atoms with Crippen molar-refractivity contribution in [3.05, 3.63) is 77.9 Å². The molecule has 1 aliphatic rings. The van der Waals surface area contributed by atoms with Gasteiger partial charge in [-0.05, 0) is 42.0 Å². The van der Waals surface area contributed by atoms with Crippen molar-refractivity contribution < 1.29 is 28.2 Å². The molecule has 2 aromatic carbocycles. The Morgan fingerprint density at radius 2 is 1.59 bits per heavy atom. The van der Waals surface area contributed by atoms with Gasteiger partial charge in [-0.3, -0.25) is 14.5 Å². The van der Waals surface area contributed by atoms with E-state index in [1.165, 1.54) is 13.4 Å². The Kier molecular flexibility index (Phi) is 5.85. The van der Waals surface area contributed by atoms with Crippen molar-refractivity contribution in [3.8, 4) is 17.2 Å². The van der Waals surface area contributed by atoms with Crippen LogP contribution in [0.2, 0.25) is 0 Å². The number of carbonyl (C=O) groups is 2. The largest absolute Gasteiger partial charge is 0.497 e. The molecule has 8 heteroatoms. The monoisotopic (exact) mass is 434 g/mol. The maximum Gasteiger partial charge on any atom is 0.278 e. The fourth-order valence-corrected chi connectivity index (χ4v) is 3.47. The molecule has 0 atom stereocenters. The topological polar surface area (TPSA) is 90.2 Å². The summed E-state index contributed by atoms with van der Waals surface area (Å²) in [5.41, 5.74) is 1.46. The highest BCUT2D eigenvalue weighted by atomic mass is 16.5. The molecule has 0 unspecified atom stereocenters. The number of nitrogens with one attached hydrogen (secondary N) is 1. The summed E-state index contributed by atoms with van der Waals surface area (Å²) in [6.45, 7) is 0.0186. The number of rotatable bonds is 8. The lowest BCUT2D eigenvalue weighted by Gasteiger charge is -2.15. The summed E-state index contributed by atoms with van der Waals surface area (Å²) >= 11 is 0. The summed E-state index contributed by atoms with van der Waals surface area (Å²) in [6, 6.07) is 15.5. The van der Waals surface area contributed by atoms with Crippen LogP contribution in [0, 0.1) is 0 Å². The van der Waals surface area contributed by atoms with Crippen LogP contribution in [0.3, 0.4) is 0 Å². The molecule has 2 amide bonds. The van der Waals surface area contributed by atoms with Crippen molar-refractivity contribution in [1.29, 1.82) is 0 Å². The Balaban J connectivity index is 1.78. The molecule has 1 N–H and O–H groups in total. The van der Waals surface area contributed by atoms with Crippen molar-refractivity contribution in [3.63, 3.8) is 0 Å². The molecule has 0 fully saturated rings. The first-order valence-electron chi connectivity index (χ1n) is 9.82. The second kappa shape index (κ2) is 8.89. The number of carbonyl (C=O) groups excluding carboxylic acids is 2. The minimum absolute atomic E-state index is 0.0186. The number of hydrogen-bond donors (Lipinski definition) is 1. The molecule has 0 spiro atoms. The highest BCUT2D eigenvalue weighted by molar-refractivity contribution is 6.36. The fourth-order valence-electron chi connectivity index (χ4n) is 3.47. The van der Waals surface area contributed by atoms with Gasteiger partial charge in [0.2, 0.25) is 0 Å². The molecule has 2 heterocycles. The number of amides is 2. The van der Waals surface area contributed by atoms with Gasteiger partial charge in [-0.25, -0.2) is 0 Å². The first kappa shape index (κ1) is 21.0. The van der Waals surface area contributed by atoms with E-state index in [0.717, 1.165) is 4.90 Å². The third-order valence-corrected chi connectivity index (χ3v) is 5.11. The van der Waals surface area contributed by atoms with Crippen LogP contribution in [0.4, 0.5) is 5.69 Å². The van der Waals surface area contributed by atoms with Crippen LogP contribution in [-0.4, -0.2) is 38.0 Å². The number of benzene rings is 2. The van der Waals surface area contributed by atoms with Gasteiger partial charge in [0.25, 0.3) is 11.8 Å². The number of anilines is 1. The Morgan fingerprint density at radius 3 is 2.22 bits per heavy atom. The lowest BCUT2D eigenvalue weighted by Crippen LogP contribution is -2.31. The zero-order valence-corrected chi connectivity index (χ0v) is 17.9. The van der Waals surface area contributed by atoms with Gasteiger partial charge in [-0.2, -0.15) is 0 Å². The summed E-state index contributed by atoms with van der Waals surface area (Å²) in [5, 5.41) is 3.10. The molecule has 1 aromatic heterocycles. The molecular formula is C24H22N2O6. The molecule has 0 radical (unpaired) electrons. The van der Waals surface area contributed by atoms with Crippen LogP contribution in [0.15, 0.2) is 71.0 Å². The Morgan fingerprint density at radius 1 is 0.875 bits per heavy atom. The maximum absolute atomic E-state index is 13.4. The van der Waals surface area contributed by atoms with Gasteiger partial charge in [-0.1, -0.05) is 12.1 Å². The van der Waals surface area contributed by atoms with Crippen LogP contribution in [-0.2, 0) is 16.1 Å². The molecule has 4 rings (SSSR count). The third-order valence-electron chi connectivity index (χ3n) is 5.11. The Bertz CT molecular complexity index is 1170. The lowest BCUT2D eigenvalue weighted by atomic mass is 10.0. The Hall–Kier alpha value is -4.20. The van der Waals surface area contributed by atoms with E-state index in [9.17, 15) is 9.59 Å². The molecule has 0 aliphatic carbocycles. The SMILES string of the molecule is COc1ccc(C2=C(Nc3cc(OC)ccc3OC)C(=O)N(Cc3ccco3)C2=O)cc1. The number of ether oxygens (including phenoxy) is 3. The second-order valence-electron chi connectivity index (χ2n) is 6.95. The summed E-state index contributed by atoms with van der Waals surface area (Å²) in [6.07, 6.45) is 1.50. The molecule has 0 saturated heterocycles. The van der Waals surface area contributed by atoms with Crippen molar-refractivity contribution in [2.75, 3.05) is 26.6 Å². The minimum atomic E-state index is -0.470. The van der Waals surface area contributed by atoms with E-state index in [0.29, 0.717) is 34.3 Å². The van der Waals surface area contributed by atoms with E-state index in [-0.39, 0.29) is 17.8 Å². The van der Waals surface area contributed by atoms with Gasteiger partial charge >= 0.3 is 0 Å². The standard InChI is InChI=1S/C24H22N2O6/c1-29-16-8-6-15(7-9-16)21-22(25-19-13-17(30-2)10-11-20(19)31-3)24(28)26(23(21)27)14-18-5-4-12-32-18/h4-13,25H,14H2,1-3H3. The predicted molar refractivity (Wildman–Crippen MR) is 117 cm³/mol. The zero-order valence-electron chi connectivity index (χ0n) is 17.9. The van der Waals surface area contributed by atoms with Crippen molar-refractivity contribution in [2.45, 2.75) is 6.54 Å². The molecule has 3 aromatic rings. The summed E-state index contributed by atoms with van der Waals surface area (Å²) in [4.78, 5) is 27.9. The number of furan rings is 1. The predicted octanol–water partition coefficient (Wildman–Crippen LogP) is 3.70. The first-order chi connectivity index (χ1) is 15.5. The zero-order chi connectivity index (χ0) is 22.7. The van der Waals surface area contributed by atoms with E-state index in [1.54, 1.807) is 68.8 Å². The highest BCUT2D eigenvalue weighted by Crippen LogP contribution is 2.36. The molecular weight excluding hydrogens is 412 g/mol. The van der Waals surface area contributed by atoms with Crippen LogP contribution in [0.5, 0.6) is 17.2 Å². The minimum Gasteiger partial charge on any atom is -0.497 e. The van der Waals surface area contributed by atoms with Crippen LogP contribution in [0.25, 0.3) is 5.57 Å². The van der Waals surface area contributed by atoms with Crippen LogP contribution in [0.1, 0.15) is 11.3 Å². The van der Waals surface area contributed by atoms with Gasteiger partial charge < -0.3 is 23.9 Å². The average Bonchev–Trinajstić information content (AvgIpc) is 3.42. The fraction of sp³-hybridized carbons (Fsp3) is 0.167. The summed E-state index contributed by atoms with van der Waals surface area (Å²) in [5.74, 6) is 1.31. The number of nitrogens with zero attached hydrogens (tertiary/aromatic N) is 1. The third kappa shape index (κ3) is 3.90. The molecule has 8 nitrogen and oxygen atoms in total. The quantitative estimate of drug-likeness (QED) is 0.541. The van der Waals surface area contributed by atoms with E-state index in [4.69, 9.17) is 18.6 Å². The van der Waals surface area contributed by atoms with Crippen LogP contribution >= 0.6 is 0 Å². The van der Waals surface area contributed by atoms with E-state index in [1.807, 2.05) is 0 Å². The molecule has 0 saturated carbocycles. The van der Waals surface area contributed by atoms with Gasteiger partial charge in [0, 0.05) is 6.07 Å². The Labute approximate surface area is 185 Å². The summed E-state index contributed by atoms with van der Waals surface area (Å²) < 4.78 is 21.3. The van der Waals surface area contributed by atoms with Crippen molar-refractivity contribution in [2.24, 2.45) is 0 Å². The molecule has 1 aliphatic heterocycles. The van der Waals surface area contributed by atoms with Crippen LogP contribution < -0.4 is 19.5 Å². The molecule has 32 heavy (non-hydrogen) atoms. The number of imide groups is 1.